The lowest BCUT2D eigenvalue weighted by Crippen LogP contribution is -2.30. The maximum Gasteiger partial charge on any atom is 0.492 e. The quantitative estimate of drug-likeness (QED) is 0.633. The first-order valence-electron chi connectivity index (χ1n) is 5.14. The van der Waals surface area contributed by atoms with Crippen LogP contribution < -0.4 is 5.73 Å². The Morgan fingerprint density at radius 3 is 2.68 bits per heavy atom. The van der Waals surface area contributed by atoms with Gasteiger partial charge >= 0.3 is 5.95 Å². The monoisotopic (exact) mass is 331 g/mol. The van der Waals surface area contributed by atoms with E-state index < -0.39 is 16.4 Å². The predicted molar refractivity (Wildman–Crippen MR) is 65.0 cm³/mol. The molecule has 2 aromatic heterocycles. The highest BCUT2D eigenvalue weighted by Crippen LogP contribution is 2.16. The molecule has 0 bridgehead atoms. The fourth-order valence-electron chi connectivity index (χ4n) is 1.20. The first-order valence-corrected chi connectivity index (χ1v) is 5.93. The number of nitrogens with zero attached hydrogens (tertiary/aromatic N) is 6. The van der Waals surface area contributed by atoms with Crippen LogP contribution >= 0.6 is 15.9 Å². The maximum atomic E-state index is 10.5. The van der Waals surface area contributed by atoms with Gasteiger partial charge in [-0.25, -0.2) is 0 Å². The third-order valence-electron chi connectivity index (χ3n) is 2.11. The zero-order valence-electron chi connectivity index (χ0n) is 10.1. The minimum atomic E-state index is -0.729. The van der Waals surface area contributed by atoms with Gasteiger partial charge in [-0.2, -0.15) is 9.67 Å². The van der Waals surface area contributed by atoms with E-state index in [1.54, 1.807) is 13.8 Å². The smallest absolute Gasteiger partial charge is 0.390 e. The van der Waals surface area contributed by atoms with Crippen molar-refractivity contribution < 1.29 is 9.45 Å². The first kappa shape index (κ1) is 13.5. The molecule has 0 amide bonds. The molecule has 0 fully saturated rings. The van der Waals surface area contributed by atoms with E-state index in [1.165, 1.54) is 4.68 Å². The van der Waals surface area contributed by atoms with Crippen molar-refractivity contribution in [3.05, 3.63) is 26.6 Å². The molecule has 0 aromatic carbocycles. The van der Waals surface area contributed by atoms with Crippen molar-refractivity contribution in [3.8, 4) is 0 Å². The topological polar surface area (TPSA) is 139 Å². The summed E-state index contributed by atoms with van der Waals surface area (Å²) in [6.07, 6.45) is 0. The second kappa shape index (κ2) is 4.66. The highest BCUT2D eigenvalue weighted by atomic mass is 79.9. The van der Waals surface area contributed by atoms with Crippen molar-refractivity contribution in [2.75, 3.05) is 0 Å². The Morgan fingerprint density at radius 2 is 2.21 bits per heavy atom. The molecule has 0 saturated heterocycles. The molecule has 0 unspecified atom stereocenters. The van der Waals surface area contributed by atoms with Crippen LogP contribution in [0.3, 0.4) is 0 Å². The van der Waals surface area contributed by atoms with Crippen LogP contribution in [-0.4, -0.2) is 29.8 Å². The molecular weight excluding hydrogens is 322 g/mol. The summed E-state index contributed by atoms with van der Waals surface area (Å²) in [6.45, 7) is 3.53. The molecule has 11 heteroatoms. The second-order valence-corrected chi connectivity index (χ2v) is 5.04. The molecule has 2 heterocycles. The summed E-state index contributed by atoms with van der Waals surface area (Å²) < 4.78 is 6.43. The van der Waals surface area contributed by atoms with Crippen LogP contribution in [0, 0.1) is 10.1 Å². The van der Waals surface area contributed by atoms with Gasteiger partial charge in [-0.3, -0.25) is 0 Å². The van der Waals surface area contributed by atoms with Crippen LogP contribution in [0.25, 0.3) is 0 Å². The lowest BCUT2D eigenvalue weighted by atomic mass is 10.1. The Bertz CT molecular complexity index is 614. The summed E-state index contributed by atoms with van der Waals surface area (Å²) >= 11 is 3.06. The van der Waals surface area contributed by atoms with Crippen LogP contribution in [0.5, 0.6) is 0 Å². The summed E-state index contributed by atoms with van der Waals surface area (Å²) in [7, 11) is 0. The van der Waals surface area contributed by atoms with E-state index in [4.69, 9.17) is 10.3 Å². The van der Waals surface area contributed by atoms with Gasteiger partial charge in [0.15, 0.2) is 5.82 Å². The van der Waals surface area contributed by atoms with Gasteiger partial charge in [-0.15, -0.1) is 0 Å². The number of nitro groups is 1. The molecule has 0 aliphatic heterocycles. The first-order chi connectivity index (χ1) is 8.77. The lowest BCUT2D eigenvalue weighted by molar-refractivity contribution is -0.394. The second-order valence-electron chi connectivity index (χ2n) is 4.33. The third-order valence-corrected chi connectivity index (χ3v) is 2.69. The summed E-state index contributed by atoms with van der Waals surface area (Å²) in [5.41, 5.74) is 5.09. The van der Waals surface area contributed by atoms with E-state index in [1.807, 2.05) is 0 Å². The van der Waals surface area contributed by atoms with Crippen molar-refractivity contribution in [2.24, 2.45) is 5.73 Å². The highest BCUT2D eigenvalue weighted by Gasteiger charge is 2.24. The number of halogens is 1. The van der Waals surface area contributed by atoms with E-state index in [0.29, 0.717) is 5.82 Å². The molecule has 0 aliphatic rings. The molecule has 0 atom stereocenters. The van der Waals surface area contributed by atoms with Crippen molar-refractivity contribution in [1.29, 1.82) is 0 Å². The minimum Gasteiger partial charge on any atom is -0.390 e. The van der Waals surface area contributed by atoms with Crippen molar-refractivity contribution in [1.82, 2.24) is 24.9 Å². The largest absolute Gasteiger partial charge is 0.492 e. The highest BCUT2D eigenvalue weighted by molar-refractivity contribution is 9.10. The number of rotatable bonds is 4. The van der Waals surface area contributed by atoms with Gasteiger partial charge in [0.1, 0.15) is 6.54 Å². The fraction of sp³-hybridized carbons (Fsp3) is 0.500. The third kappa shape index (κ3) is 2.93. The Hall–Kier alpha value is -1.88. The summed E-state index contributed by atoms with van der Waals surface area (Å²) in [5.74, 6) is 0.0630. The van der Waals surface area contributed by atoms with E-state index >= 15 is 0 Å². The molecule has 0 radical (unpaired) electrons. The molecule has 10 nitrogen and oxygen atoms in total. The summed E-state index contributed by atoms with van der Waals surface area (Å²) in [4.78, 5) is 17.5. The molecule has 2 rings (SSSR count). The molecule has 2 N–H and O–H groups in total. The van der Waals surface area contributed by atoms with Crippen LogP contribution in [0.2, 0.25) is 0 Å². The van der Waals surface area contributed by atoms with E-state index in [9.17, 15) is 10.1 Å². The lowest BCUT2D eigenvalue weighted by Gasteiger charge is -2.11. The molecule has 19 heavy (non-hydrogen) atoms. The van der Waals surface area contributed by atoms with Crippen molar-refractivity contribution >= 4 is 21.9 Å². The molecule has 0 aliphatic carbocycles. The van der Waals surface area contributed by atoms with E-state index in [2.05, 4.69) is 36.2 Å². The molecule has 0 saturated carbocycles. The molecule has 2 aromatic rings. The fourth-order valence-corrected chi connectivity index (χ4v) is 1.56. The maximum absolute atomic E-state index is 10.5. The predicted octanol–water partition coefficient (Wildman–Crippen LogP) is 0.574. The van der Waals surface area contributed by atoms with Gasteiger partial charge in [0.05, 0.1) is 5.54 Å². The Kier molecular flexibility index (Phi) is 3.32. The normalized spacial score (nSPS) is 11.8. The average molecular weight is 332 g/mol. The number of hydrogen-bond acceptors (Lipinski definition) is 8. The van der Waals surface area contributed by atoms with Gasteiger partial charge < -0.3 is 20.4 Å². The van der Waals surface area contributed by atoms with Gasteiger partial charge in [-0.05, 0) is 23.8 Å². The standard InChI is InChI=1S/C8H10BrN7O3/c1-8(2,10)5-11-4(19-14-5)3-15-6(9)12-7(13-15)16(17)18/h3,10H2,1-2H3. The number of nitrogens with two attached hydrogens (primary N) is 1. The zero-order chi connectivity index (χ0) is 14.2. The summed E-state index contributed by atoms with van der Waals surface area (Å²) in [5, 5.41) is 17.9. The van der Waals surface area contributed by atoms with Crippen LogP contribution in [0.4, 0.5) is 5.95 Å². The van der Waals surface area contributed by atoms with Gasteiger partial charge in [0, 0.05) is 21.0 Å². The van der Waals surface area contributed by atoms with Gasteiger partial charge in [-0.1, -0.05) is 5.16 Å². The molecule has 102 valence electrons. The van der Waals surface area contributed by atoms with Crippen molar-refractivity contribution in [3.63, 3.8) is 0 Å². The van der Waals surface area contributed by atoms with E-state index in [0.717, 1.165) is 0 Å². The zero-order valence-corrected chi connectivity index (χ0v) is 11.7. The van der Waals surface area contributed by atoms with Gasteiger partial charge in [0.2, 0.25) is 5.89 Å². The molecular formula is C8H10BrN7O3. The summed E-state index contributed by atoms with van der Waals surface area (Å²) in [6, 6.07) is 0. The SMILES string of the molecule is CC(C)(N)c1noc(Cn2nc([N+](=O)[O-])nc2Br)n1. The molecule has 0 spiro atoms. The minimum absolute atomic E-state index is 0.0600. The Morgan fingerprint density at radius 1 is 1.53 bits per heavy atom. The Labute approximate surface area is 115 Å². The van der Waals surface area contributed by atoms with Gasteiger partial charge in [0.25, 0.3) is 4.73 Å². The van der Waals surface area contributed by atoms with Crippen LogP contribution in [0.1, 0.15) is 25.6 Å². The van der Waals surface area contributed by atoms with Crippen LogP contribution in [-0.2, 0) is 12.1 Å². The van der Waals surface area contributed by atoms with Crippen LogP contribution in [0.15, 0.2) is 9.26 Å². The number of hydrogen-bond donors (Lipinski definition) is 1. The Balaban J connectivity index is 2.22. The van der Waals surface area contributed by atoms with Crippen molar-refractivity contribution in [2.45, 2.75) is 25.9 Å². The number of aromatic nitrogens is 5. The average Bonchev–Trinajstić information content (AvgIpc) is 2.86. The van der Waals surface area contributed by atoms with E-state index in [-0.39, 0.29) is 17.2 Å².